The van der Waals surface area contributed by atoms with Crippen LogP contribution < -0.4 is 5.32 Å². The van der Waals surface area contributed by atoms with Gasteiger partial charge in [-0.3, -0.25) is 0 Å². The van der Waals surface area contributed by atoms with Crippen molar-refractivity contribution in [2.45, 2.75) is 41.0 Å². The maximum atomic E-state index is 11.2. The third-order valence-electron chi connectivity index (χ3n) is 3.18. The van der Waals surface area contributed by atoms with Gasteiger partial charge in [0.05, 0.1) is 5.75 Å². The molecule has 0 fully saturated rings. The largest absolute Gasteiger partial charge is 0.316 e. The molecule has 1 atom stereocenters. The van der Waals surface area contributed by atoms with Crippen LogP contribution in [0.4, 0.5) is 0 Å². The Labute approximate surface area is 101 Å². The molecule has 0 amide bonds. The highest BCUT2D eigenvalue weighted by Gasteiger charge is 2.19. The fraction of sp³-hybridized carbons (Fsp3) is 1.00. The van der Waals surface area contributed by atoms with Crippen molar-refractivity contribution < 1.29 is 8.42 Å². The molecule has 0 radical (unpaired) electrons. The highest BCUT2D eigenvalue weighted by molar-refractivity contribution is 7.91. The van der Waals surface area contributed by atoms with Gasteiger partial charge in [-0.2, -0.15) is 0 Å². The smallest absolute Gasteiger partial charge is 0.150 e. The van der Waals surface area contributed by atoms with Gasteiger partial charge < -0.3 is 5.32 Å². The van der Waals surface area contributed by atoms with E-state index in [4.69, 9.17) is 0 Å². The van der Waals surface area contributed by atoms with Crippen molar-refractivity contribution in [3.8, 4) is 0 Å². The van der Waals surface area contributed by atoms with E-state index in [2.05, 4.69) is 33.0 Å². The molecule has 0 aliphatic rings. The van der Waals surface area contributed by atoms with Crippen LogP contribution >= 0.6 is 0 Å². The number of hydrogen-bond donors (Lipinski definition) is 1. The Bertz CT molecular complexity index is 278. The minimum absolute atomic E-state index is 0.255. The first-order valence-corrected chi connectivity index (χ1v) is 7.92. The second kappa shape index (κ2) is 6.60. The monoisotopic (exact) mass is 249 g/mol. The average Bonchev–Trinajstić information content (AvgIpc) is 2.15. The van der Waals surface area contributed by atoms with Gasteiger partial charge in [0.15, 0.2) is 0 Å². The Morgan fingerprint density at radius 3 is 2.25 bits per heavy atom. The molecule has 0 rings (SSSR count). The molecule has 0 aliphatic carbocycles. The maximum absolute atomic E-state index is 11.2. The van der Waals surface area contributed by atoms with E-state index in [0.717, 1.165) is 13.1 Å². The van der Waals surface area contributed by atoms with Crippen molar-refractivity contribution in [2.75, 3.05) is 24.6 Å². The fourth-order valence-corrected chi connectivity index (χ4v) is 2.06. The van der Waals surface area contributed by atoms with Crippen LogP contribution in [0.5, 0.6) is 0 Å². The molecule has 0 heterocycles. The van der Waals surface area contributed by atoms with Crippen LogP contribution in [0.3, 0.4) is 0 Å². The van der Waals surface area contributed by atoms with E-state index in [1.165, 1.54) is 0 Å². The lowest BCUT2D eigenvalue weighted by molar-refractivity contribution is 0.253. The van der Waals surface area contributed by atoms with Crippen molar-refractivity contribution in [2.24, 2.45) is 11.3 Å². The molecule has 0 spiro atoms. The van der Waals surface area contributed by atoms with Gasteiger partial charge in [0, 0.05) is 5.75 Å². The quantitative estimate of drug-likeness (QED) is 0.703. The molecule has 0 aliphatic heterocycles. The topological polar surface area (TPSA) is 46.2 Å². The molecular weight excluding hydrogens is 222 g/mol. The highest BCUT2D eigenvalue weighted by atomic mass is 32.2. The number of sulfone groups is 1. The van der Waals surface area contributed by atoms with Crippen LogP contribution in [0.25, 0.3) is 0 Å². The summed E-state index contributed by atoms with van der Waals surface area (Å²) in [5.74, 6) is 1.15. The second-order valence-electron chi connectivity index (χ2n) is 5.56. The summed E-state index contributed by atoms with van der Waals surface area (Å²) in [6.45, 7) is 12.3. The van der Waals surface area contributed by atoms with E-state index in [9.17, 15) is 8.42 Å². The molecule has 1 unspecified atom stereocenters. The molecule has 0 saturated heterocycles. The summed E-state index contributed by atoms with van der Waals surface area (Å²) in [6, 6.07) is 0. The molecule has 0 aromatic heterocycles. The lowest BCUT2D eigenvalue weighted by atomic mass is 9.82. The lowest BCUT2D eigenvalue weighted by Gasteiger charge is -2.27. The molecule has 0 aromatic carbocycles. The summed E-state index contributed by atoms with van der Waals surface area (Å²) < 4.78 is 22.5. The van der Waals surface area contributed by atoms with Gasteiger partial charge in [-0.05, 0) is 30.8 Å². The van der Waals surface area contributed by atoms with Crippen LogP contribution in [0.1, 0.15) is 41.0 Å². The van der Waals surface area contributed by atoms with Crippen LogP contribution in [0.2, 0.25) is 0 Å². The Hall–Kier alpha value is -0.0900. The second-order valence-corrected chi connectivity index (χ2v) is 8.03. The van der Waals surface area contributed by atoms with Crippen LogP contribution in [0.15, 0.2) is 0 Å². The molecule has 0 saturated carbocycles. The van der Waals surface area contributed by atoms with Crippen molar-refractivity contribution >= 4 is 9.84 Å². The summed E-state index contributed by atoms with van der Waals surface area (Å²) in [7, 11) is -2.79. The molecular formula is C12H27NO2S. The minimum Gasteiger partial charge on any atom is -0.316 e. The van der Waals surface area contributed by atoms with Crippen molar-refractivity contribution in [3.63, 3.8) is 0 Å². The van der Waals surface area contributed by atoms with E-state index >= 15 is 0 Å². The van der Waals surface area contributed by atoms with Gasteiger partial charge in [-0.1, -0.05) is 34.6 Å². The van der Waals surface area contributed by atoms with Gasteiger partial charge in [-0.15, -0.1) is 0 Å². The molecule has 1 N–H and O–H groups in total. The van der Waals surface area contributed by atoms with Gasteiger partial charge in [-0.25, -0.2) is 8.42 Å². The standard InChI is InChI=1S/C12H27NO2S/c1-6-16(14,15)9-7-8-13-10-11(2)12(3,4)5/h11,13H,6-10H2,1-5H3. The molecule has 3 nitrogen and oxygen atoms in total. The lowest BCUT2D eigenvalue weighted by Crippen LogP contribution is -2.30. The summed E-state index contributed by atoms with van der Waals surface area (Å²) in [5.41, 5.74) is 0.308. The van der Waals surface area contributed by atoms with E-state index in [0.29, 0.717) is 23.5 Å². The van der Waals surface area contributed by atoms with Crippen molar-refractivity contribution in [3.05, 3.63) is 0 Å². The Kier molecular flexibility index (Phi) is 6.56. The van der Waals surface area contributed by atoms with E-state index in [1.54, 1.807) is 6.92 Å². The maximum Gasteiger partial charge on any atom is 0.150 e. The zero-order valence-corrected chi connectivity index (χ0v) is 12.2. The predicted molar refractivity (Wildman–Crippen MR) is 70.4 cm³/mol. The fourth-order valence-electron chi connectivity index (χ4n) is 1.19. The minimum atomic E-state index is -2.79. The SMILES string of the molecule is CCS(=O)(=O)CCCNCC(C)C(C)(C)C. The first-order valence-electron chi connectivity index (χ1n) is 6.10. The zero-order chi connectivity index (χ0) is 12.8. The first kappa shape index (κ1) is 15.9. The van der Waals surface area contributed by atoms with E-state index < -0.39 is 9.84 Å². The van der Waals surface area contributed by atoms with Crippen LogP contribution in [-0.4, -0.2) is 33.0 Å². The van der Waals surface area contributed by atoms with Gasteiger partial charge in [0.1, 0.15) is 9.84 Å². The normalized spacial score (nSPS) is 15.1. The molecule has 98 valence electrons. The molecule has 4 heteroatoms. The summed E-state index contributed by atoms with van der Waals surface area (Å²) >= 11 is 0. The predicted octanol–water partition coefficient (Wildman–Crippen LogP) is 2.08. The zero-order valence-electron chi connectivity index (χ0n) is 11.3. The summed E-state index contributed by atoms with van der Waals surface area (Å²) in [6.07, 6.45) is 0.715. The summed E-state index contributed by atoms with van der Waals surface area (Å²) in [5, 5.41) is 3.32. The van der Waals surface area contributed by atoms with E-state index in [-0.39, 0.29) is 5.75 Å². The van der Waals surface area contributed by atoms with Crippen molar-refractivity contribution in [1.82, 2.24) is 5.32 Å². The highest BCUT2D eigenvalue weighted by Crippen LogP contribution is 2.24. The Balaban J connectivity index is 3.63. The van der Waals surface area contributed by atoms with Crippen molar-refractivity contribution in [1.29, 1.82) is 0 Å². The van der Waals surface area contributed by atoms with Crippen LogP contribution in [-0.2, 0) is 9.84 Å². The molecule has 16 heavy (non-hydrogen) atoms. The average molecular weight is 249 g/mol. The number of hydrogen-bond acceptors (Lipinski definition) is 3. The number of nitrogens with one attached hydrogen (secondary N) is 1. The van der Waals surface area contributed by atoms with Gasteiger partial charge >= 0.3 is 0 Å². The van der Waals surface area contributed by atoms with E-state index in [1.807, 2.05) is 0 Å². The third-order valence-corrected chi connectivity index (χ3v) is 4.97. The Morgan fingerprint density at radius 1 is 1.25 bits per heavy atom. The Morgan fingerprint density at radius 2 is 1.81 bits per heavy atom. The van der Waals surface area contributed by atoms with Gasteiger partial charge in [0.2, 0.25) is 0 Å². The first-order chi connectivity index (χ1) is 7.19. The van der Waals surface area contributed by atoms with Gasteiger partial charge in [0.25, 0.3) is 0 Å². The molecule has 0 aromatic rings. The molecule has 0 bridgehead atoms. The number of rotatable bonds is 7. The third kappa shape index (κ3) is 7.23. The van der Waals surface area contributed by atoms with Crippen LogP contribution in [0, 0.1) is 11.3 Å². The summed E-state index contributed by atoms with van der Waals surface area (Å²) in [4.78, 5) is 0.